The first kappa shape index (κ1) is 31.1. The lowest BCUT2D eigenvalue weighted by atomic mass is 9.80. The van der Waals surface area contributed by atoms with Crippen LogP contribution in [0.1, 0.15) is 85.6 Å². The number of unbranched alkanes of at least 4 members (excludes halogenated alkanes) is 3. The van der Waals surface area contributed by atoms with Crippen molar-refractivity contribution in [1.82, 2.24) is 0 Å². The Balaban J connectivity index is 1.84. The summed E-state index contributed by atoms with van der Waals surface area (Å²) in [6, 6.07) is 21.8. The van der Waals surface area contributed by atoms with Crippen molar-refractivity contribution in [2.45, 2.75) is 83.2 Å². The van der Waals surface area contributed by atoms with Crippen molar-refractivity contribution in [3.05, 3.63) is 94.5 Å². The minimum atomic E-state index is -1.65. The number of benzene rings is 3. The predicted molar refractivity (Wildman–Crippen MR) is 166 cm³/mol. The second kappa shape index (κ2) is 15.4. The first-order valence-corrected chi connectivity index (χ1v) is 15.2. The normalized spacial score (nSPS) is 19.2. The highest BCUT2D eigenvalue weighted by Crippen LogP contribution is 2.42. The number of methoxy groups -OCH3 is 1. The topological polar surface area (TPSA) is 83.8 Å². The molecule has 0 aliphatic heterocycles. The first-order chi connectivity index (χ1) is 20.4. The average molecular weight is 567 g/mol. The van der Waals surface area contributed by atoms with Gasteiger partial charge in [-0.15, -0.1) is 5.92 Å². The largest absolute Gasteiger partial charge is 0.504 e. The van der Waals surface area contributed by atoms with E-state index < -0.39 is 23.6 Å². The van der Waals surface area contributed by atoms with Crippen LogP contribution in [0, 0.1) is 17.8 Å². The lowest BCUT2D eigenvalue weighted by molar-refractivity contribution is -0.141. The van der Waals surface area contributed by atoms with Crippen molar-refractivity contribution in [1.29, 1.82) is 0 Å². The molecule has 2 N–H and O–H groups in total. The van der Waals surface area contributed by atoms with E-state index in [1.165, 1.54) is 7.11 Å². The fourth-order valence-electron chi connectivity index (χ4n) is 5.85. The van der Waals surface area contributed by atoms with Crippen LogP contribution in [0.2, 0.25) is 0 Å². The van der Waals surface area contributed by atoms with Gasteiger partial charge in [-0.3, -0.25) is 9.59 Å². The molecule has 0 fully saturated rings. The van der Waals surface area contributed by atoms with Crippen LogP contribution in [0.5, 0.6) is 11.5 Å². The molecule has 3 aromatic carbocycles. The third kappa shape index (κ3) is 7.69. The number of aromatic hydroxyl groups is 1. The summed E-state index contributed by atoms with van der Waals surface area (Å²) in [4.78, 5) is 26.4. The second-order valence-corrected chi connectivity index (χ2v) is 11.2. The smallest absolute Gasteiger partial charge is 0.172 e. The van der Waals surface area contributed by atoms with Crippen LogP contribution in [-0.4, -0.2) is 35.0 Å². The number of phenolic OH excluding ortho intramolecular Hbond substituents is 1. The zero-order chi connectivity index (χ0) is 29.9. The molecule has 0 amide bonds. The Morgan fingerprint density at radius 1 is 0.929 bits per heavy atom. The fraction of sp³-hybridized carbons (Fsp3) is 0.405. The van der Waals surface area contributed by atoms with Crippen LogP contribution in [0.3, 0.4) is 0 Å². The number of hydrogen-bond donors (Lipinski definition) is 2. The van der Waals surface area contributed by atoms with E-state index in [9.17, 15) is 19.8 Å². The standard InChI is InChI=1S/C37H42O5/c1-3-4-5-10-18-28-19-13-20-30(27-16-11-7-12-17-27)34-29(22-24-32(38)37(41)35(28)39)25-33(42-2)36(40)31(34)23-21-26-14-8-6-9-15-26/h6-9,11-12,14-17,25,28,30,37,40-41H,3-5,10,18-19,21-24H2,1-2H3/t28-,30+,37-/m1/s1. The Bertz CT molecular complexity index is 1400. The summed E-state index contributed by atoms with van der Waals surface area (Å²) in [5.74, 6) is 5.41. The number of ether oxygens (including phenoxy) is 1. The molecular formula is C37H42O5. The average Bonchev–Trinajstić information content (AvgIpc) is 3.02. The highest BCUT2D eigenvalue weighted by atomic mass is 16.5. The highest BCUT2D eigenvalue weighted by Gasteiger charge is 2.31. The number of aliphatic hydroxyl groups is 1. The maximum atomic E-state index is 13.3. The summed E-state index contributed by atoms with van der Waals surface area (Å²) in [5.41, 5.74) is 4.56. The summed E-state index contributed by atoms with van der Waals surface area (Å²) >= 11 is 0. The summed E-state index contributed by atoms with van der Waals surface area (Å²) in [6.07, 6.45) is 4.81. The number of hydrogen-bond acceptors (Lipinski definition) is 5. The minimum absolute atomic E-state index is 0.00343. The Hall–Kier alpha value is -3.88. The molecule has 0 spiro atoms. The highest BCUT2D eigenvalue weighted by molar-refractivity contribution is 6.06. The molecule has 5 nitrogen and oxygen atoms in total. The number of aliphatic hydroxyl groups excluding tert-OH is 1. The van der Waals surface area contributed by atoms with E-state index in [0.717, 1.165) is 53.5 Å². The van der Waals surface area contributed by atoms with Gasteiger partial charge in [-0.05, 0) is 54.0 Å². The lowest BCUT2D eigenvalue weighted by Gasteiger charge is -2.24. The zero-order valence-corrected chi connectivity index (χ0v) is 24.8. The van der Waals surface area contributed by atoms with Gasteiger partial charge in [0.05, 0.1) is 13.0 Å². The number of carbonyl (C=O) groups is 2. The molecular weight excluding hydrogens is 524 g/mol. The van der Waals surface area contributed by atoms with Crippen LogP contribution >= 0.6 is 0 Å². The first-order valence-electron chi connectivity index (χ1n) is 15.2. The quantitative estimate of drug-likeness (QED) is 0.161. The zero-order valence-electron chi connectivity index (χ0n) is 24.8. The molecule has 0 bridgehead atoms. The molecule has 0 unspecified atom stereocenters. The van der Waals surface area contributed by atoms with Crippen LogP contribution in [0.4, 0.5) is 0 Å². The SMILES string of the molecule is CCCCCC[C@@H]1CC#C[C@@H](c2ccccc2)c2c(cc(OC)c(O)c2CCc2ccccc2)CCC(=O)[C@@H](O)C1=O. The third-order valence-corrected chi connectivity index (χ3v) is 8.26. The number of rotatable bonds is 10. The minimum Gasteiger partial charge on any atom is -0.504 e. The van der Waals surface area contributed by atoms with E-state index in [1.807, 2.05) is 48.5 Å². The van der Waals surface area contributed by atoms with Crippen LogP contribution in [-0.2, 0) is 28.9 Å². The maximum Gasteiger partial charge on any atom is 0.172 e. The molecule has 0 saturated carbocycles. The molecule has 5 heteroatoms. The van der Waals surface area contributed by atoms with Gasteiger partial charge in [0.2, 0.25) is 0 Å². The van der Waals surface area contributed by atoms with Gasteiger partial charge in [0, 0.05) is 24.3 Å². The monoisotopic (exact) mass is 566 g/mol. The third-order valence-electron chi connectivity index (χ3n) is 8.26. The van der Waals surface area contributed by atoms with Crippen molar-refractivity contribution < 1.29 is 24.5 Å². The molecule has 4 rings (SSSR count). The summed E-state index contributed by atoms with van der Waals surface area (Å²) < 4.78 is 5.58. The van der Waals surface area contributed by atoms with Crippen LogP contribution < -0.4 is 4.74 Å². The van der Waals surface area contributed by atoms with E-state index >= 15 is 0 Å². The molecule has 3 atom stereocenters. The van der Waals surface area contributed by atoms with Gasteiger partial charge in [0.25, 0.3) is 0 Å². The molecule has 0 saturated heterocycles. The van der Waals surface area contributed by atoms with Crippen molar-refractivity contribution in [3.63, 3.8) is 0 Å². The Morgan fingerprint density at radius 3 is 2.33 bits per heavy atom. The van der Waals surface area contributed by atoms with Crippen molar-refractivity contribution in [2.24, 2.45) is 5.92 Å². The van der Waals surface area contributed by atoms with E-state index in [4.69, 9.17) is 4.74 Å². The number of fused-ring (bicyclic) bond motifs is 1. The van der Waals surface area contributed by atoms with Gasteiger partial charge in [-0.25, -0.2) is 0 Å². The fourth-order valence-corrected chi connectivity index (χ4v) is 5.85. The van der Waals surface area contributed by atoms with E-state index in [0.29, 0.717) is 31.4 Å². The molecule has 0 aromatic heterocycles. The summed E-state index contributed by atoms with van der Waals surface area (Å²) in [5, 5.41) is 22.2. The van der Waals surface area contributed by atoms with E-state index in [-0.39, 0.29) is 24.5 Å². The molecule has 0 radical (unpaired) electrons. The summed E-state index contributed by atoms with van der Waals surface area (Å²) in [6.45, 7) is 2.14. The van der Waals surface area contributed by atoms with Crippen molar-refractivity contribution in [3.8, 4) is 23.3 Å². The number of Topliss-reactive ketones (excluding diaryl/α,β-unsaturated/α-hetero) is 2. The van der Waals surface area contributed by atoms with Gasteiger partial charge in [-0.1, -0.05) is 99.2 Å². The Kier molecular flexibility index (Phi) is 11.4. The Morgan fingerprint density at radius 2 is 1.64 bits per heavy atom. The molecule has 3 aromatic rings. The number of ketones is 2. The predicted octanol–water partition coefficient (Wildman–Crippen LogP) is 6.74. The summed E-state index contributed by atoms with van der Waals surface area (Å²) in [7, 11) is 1.51. The maximum absolute atomic E-state index is 13.3. The van der Waals surface area contributed by atoms with Crippen LogP contribution in [0.25, 0.3) is 0 Å². The molecule has 1 aliphatic rings. The van der Waals surface area contributed by atoms with E-state index in [2.05, 4.69) is 30.9 Å². The van der Waals surface area contributed by atoms with Crippen LogP contribution in [0.15, 0.2) is 66.7 Å². The molecule has 220 valence electrons. The van der Waals surface area contributed by atoms with Gasteiger partial charge in [-0.2, -0.15) is 0 Å². The Labute approximate surface area is 249 Å². The number of carbonyl (C=O) groups excluding carboxylic acids is 2. The molecule has 1 aliphatic carbocycles. The molecule has 42 heavy (non-hydrogen) atoms. The lowest BCUT2D eigenvalue weighted by Crippen LogP contribution is -2.35. The van der Waals surface area contributed by atoms with Crippen molar-refractivity contribution in [2.75, 3.05) is 7.11 Å². The van der Waals surface area contributed by atoms with Gasteiger partial charge in [0.1, 0.15) is 0 Å². The van der Waals surface area contributed by atoms with Crippen molar-refractivity contribution >= 4 is 11.6 Å². The number of aryl methyl sites for hydroxylation is 2. The number of phenols is 1. The van der Waals surface area contributed by atoms with Gasteiger partial charge < -0.3 is 14.9 Å². The second-order valence-electron chi connectivity index (χ2n) is 11.2. The van der Waals surface area contributed by atoms with Gasteiger partial charge >= 0.3 is 0 Å². The molecule has 0 heterocycles. The van der Waals surface area contributed by atoms with E-state index in [1.54, 1.807) is 6.07 Å². The van der Waals surface area contributed by atoms with Gasteiger partial charge in [0.15, 0.2) is 29.2 Å².